The molecular formula is C28H33F2N7O. The number of nitrogens with one attached hydrogen (secondary N) is 2. The van der Waals surface area contributed by atoms with Crippen molar-refractivity contribution in [2.45, 2.75) is 57.0 Å². The van der Waals surface area contributed by atoms with Crippen molar-refractivity contribution >= 4 is 16.7 Å². The summed E-state index contributed by atoms with van der Waals surface area (Å²) in [5.41, 5.74) is 2.67. The molecule has 2 fully saturated rings. The Morgan fingerprint density at radius 2 is 1.97 bits per heavy atom. The van der Waals surface area contributed by atoms with Crippen molar-refractivity contribution in [3.8, 4) is 17.0 Å². The molecule has 0 radical (unpaired) electrons. The van der Waals surface area contributed by atoms with Crippen molar-refractivity contribution in [2.24, 2.45) is 5.92 Å². The summed E-state index contributed by atoms with van der Waals surface area (Å²) in [5.74, 6) is 1.22. The summed E-state index contributed by atoms with van der Waals surface area (Å²) in [6, 6.07) is 8.34. The summed E-state index contributed by atoms with van der Waals surface area (Å²) in [5, 5.41) is 16.7. The zero-order chi connectivity index (χ0) is 26.1. The number of nitrogens with zero attached hydrogens (tertiary/aromatic N) is 5. The van der Waals surface area contributed by atoms with Crippen molar-refractivity contribution in [3.63, 3.8) is 0 Å². The molecule has 3 aromatic heterocycles. The van der Waals surface area contributed by atoms with Crippen molar-refractivity contribution in [1.29, 1.82) is 0 Å². The summed E-state index contributed by atoms with van der Waals surface area (Å²) in [7, 11) is 1.85. The highest BCUT2D eigenvalue weighted by molar-refractivity contribution is 5.93. The number of alkyl halides is 1. The number of pyridine rings is 1. The maximum absolute atomic E-state index is 14.5. The van der Waals surface area contributed by atoms with Gasteiger partial charge < -0.3 is 15.4 Å². The molecule has 6 rings (SSSR count). The zero-order valence-corrected chi connectivity index (χ0v) is 21.5. The number of benzene rings is 1. The predicted octanol–water partition coefficient (Wildman–Crippen LogP) is 4.99. The minimum atomic E-state index is -0.969. The van der Waals surface area contributed by atoms with Gasteiger partial charge in [0, 0.05) is 49.5 Å². The van der Waals surface area contributed by atoms with Crippen LogP contribution >= 0.6 is 0 Å². The van der Waals surface area contributed by atoms with Gasteiger partial charge in [0.15, 0.2) is 11.6 Å². The lowest BCUT2D eigenvalue weighted by Gasteiger charge is -2.29. The van der Waals surface area contributed by atoms with Crippen LogP contribution in [0.1, 0.15) is 38.1 Å². The van der Waals surface area contributed by atoms with Gasteiger partial charge in [-0.25, -0.2) is 13.8 Å². The molecule has 1 unspecified atom stereocenters. The maximum atomic E-state index is 14.5. The largest absolute Gasteiger partial charge is 0.487 e. The van der Waals surface area contributed by atoms with Crippen LogP contribution < -0.4 is 15.4 Å². The van der Waals surface area contributed by atoms with Crippen LogP contribution in [-0.4, -0.2) is 57.0 Å². The molecule has 2 atom stereocenters. The monoisotopic (exact) mass is 521 g/mol. The lowest BCUT2D eigenvalue weighted by atomic mass is 9.87. The molecular weight excluding hydrogens is 488 g/mol. The number of para-hydroxylation sites is 1. The summed E-state index contributed by atoms with van der Waals surface area (Å²) in [6.07, 6.45) is 8.99. The van der Waals surface area contributed by atoms with Gasteiger partial charge in [0.1, 0.15) is 17.7 Å². The van der Waals surface area contributed by atoms with Crippen LogP contribution in [0.3, 0.4) is 0 Å². The molecule has 1 aliphatic heterocycles. The molecule has 0 spiro atoms. The van der Waals surface area contributed by atoms with Crippen molar-refractivity contribution in [2.75, 3.05) is 25.5 Å². The molecule has 200 valence electrons. The highest BCUT2D eigenvalue weighted by atomic mass is 19.1. The molecule has 2 N–H and O–H groups in total. The van der Waals surface area contributed by atoms with Crippen LogP contribution in [0, 0.1) is 11.7 Å². The first-order chi connectivity index (χ1) is 18.6. The van der Waals surface area contributed by atoms with Crippen molar-refractivity contribution < 1.29 is 13.5 Å². The number of ether oxygens (including phenoxy) is 1. The first-order valence-electron chi connectivity index (χ1n) is 13.4. The number of hydrogen-bond donors (Lipinski definition) is 2. The van der Waals surface area contributed by atoms with Crippen LogP contribution in [0.15, 0.2) is 48.9 Å². The fourth-order valence-electron chi connectivity index (χ4n) is 5.70. The smallest absolute Gasteiger partial charge is 0.165 e. The Labute approximate surface area is 220 Å². The average molecular weight is 522 g/mol. The molecule has 38 heavy (non-hydrogen) atoms. The summed E-state index contributed by atoms with van der Waals surface area (Å²) in [6.45, 7) is 1.90. The molecule has 10 heteroatoms. The Bertz CT molecular complexity index is 1400. The topological polar surface area (TPSA) is 81.8 Å². The number of anilines is 1. The van der Waals surface area contributed by atoms with Gasteiger partial charge in [-0.1, -0.05) is 12.1 Å². The normalized spacial score (nSPS) is 24.0. The molecule has 8 nitrogen and oxygen atoms in total. The Balaban J connectivity index is 1.21. The Morgan fingerprint density at radius 3 is 2.76 bits per heavy atom. The minimum Gasteiger partial charge on any atom is -0.487 e. The second-order valence-corrected chi connectivity index (χ2v) is 10.3. The maximum Gasteiger partial charge on any atom is 0.165 e. The number of fused-ring (bicyclic) bond motifs is 1. The molecule has 1 aliphatic carbocycles. The van der Waals surface area contributed by atoms with E-state index in [1.54, 1.807) is 29.1 Å². The highest BCUT2D eigenvalue weighted by Crippen LogP contribution is 2.34. The SMILES string of the molecule is CNc1cc2c(cn1)c(-c1cnn(C3CCNC[C@@H]3F)c1)nn2CC1CCC(Oc2ccccc2F)CC1. The van der Waals surface area contributed by atoms with Gasteiger partial charge in [0.05, 0.1) is 23.9 Å². The summed E-state index contributed by atoms with van der Waals surface area (Å²) >= 11 is 0. The summed E-state index contributed by atoms with van der Waals surface area (Å²) < 4.78 is 38.3. The number of piperidine rings is 1. The van der Waals surface area contributed by atoms with Crippen molar-refractivity contribution in [1.82, 2.24) is 29.9 Å². The van der Waals surface area contributed by atoms with E-state index in [4.69, 9.17) is 9.84 Å². The number of halogens is 2. The predicted molar refractivity (Wildman–Crippen MR) is 142 cm³/mol. The molecule has 0 amide bonds. The Kier molecular flexibility index (Phi) is 6.97. The van der Waals surface area contributed by atoms with Gasteiger partial charge in [-0.15, -0.1) is 0 Å². The summed E-state index contributed by atoms with van der Waals surface area (Å²) in [4.78, 5) is 4.53. The van der Waals surface area contributed by atoms with Gasteiger partial charge in [0.2, 0.25) is 0 Å². The third-order valence-electron chi connectivity index (χ3n) is 7.84. The minimum absolute atomic E-state index is 0.0216. The first-order valence-corrected chi connectivity index (χ1v) is 13.4. The van der Waals surface area contributed by atoms with Crippen LogP contribution in [-0.2, 0) is 6.54 Å². The quantitative estimate of drug-likeness (QED) is 0.357. The second kappa shape index (κ2) is 10.7. The van der Waals surface area contributed by atoms with E-state index in [1.165, 1.54) is 6.07 Å². The van der Waals surface area contributed by atoms with Gasteiger partial charge in [-0.2, -0.15) is 10.2 Å². The van der Waals surface area contributed by atoms with E-state index >= 15 is 0 Å². The molecule has 1 saturated heterocycles. The number of hydrogen-bond acceptors (Lipinski definition) is 6. The van der Waals surface area contributed by atoms with Crippen LogP contribution in [0.5, 0.6) is 5.75 Å². The molecule has 4 heterocycles. The zero-order valence-electron chi connectivity index (χ0n) is 21.5. The van der Waals surface area contributed by atoms with Crippen LogP contribution in [0.2, 0.25) is 0 Å². The Morgan fingerprint density at radius 1 is 1.13 bits per heavy atom. The first kappa shape index (κ1) is 24.8. The molecule has 1 aromatic carbocycles. The van der Waals surface area contributed by atoms with E-state index in [9.17, 15) is 8.78 Å². The fraction of sp³-hybridized carbons (Fsp3) is 0.464. The second-order valence-electron chi connectivity index (χ2n) is 10.3. The molecule has 4 aromatic rings. The molecule has 1 saturated carbocycles. The highest BCUT2D eigenvalue weighted by Gasteiger charge is 2.28. The average Bonchev–Trinajstić information content (AvgIpc) is 3.56. The third kappa shape index (κ3) is 4.97. The van der Waals surface area contributed by atoms with E-state index in [-0.39, 0.29) is 18.0 Å². The standard InChI is InChI=1S/C28H33F2N7O/c1-31-27-12-25-21(14-33-27)28(19-13-34-36(17-19)24-10-11-32-15-23(24)30)35-37(25)16-18-6-8-20(9-7-18)38-26-5-3-2-4-22(26)29/h2-5,12-14,17-18,20,23-24,32H,6-11,15-16H2,1H3,(H,31,33)/t18?,20?,23-,24?/m0/s1. The van der Waals surface area contributed by atoms with E-state index < -0.39 is 6.17 Å². The number of rotatable bonds is 7. The van der Waals surface area contributed by atoms with Gasteiger partial charge in [0.25, 0.3) is 0 Å². The van der Waals surface area contributed by atoms with Gasteiger partial charge in [-0.3, -0.25) is 9.36 Å². The fourth-order valence-corrected chi connectivity index (χ4v) is 5.70. The molecule has 2 aliphatic rings. The van der Waals surface area contributed by atoms with E-state index in [1.807, 2.05) is 25.5 Å². The van der Waals surface area contributed by atoms with Gasteiger partial charge in [-0.05, 0) is 56.7 Å². The van der Waals surface area contributed by atoms with Gasteiger partial charge >= 0.3 is 0 Å². The lowest BCUT2D eigenvalue weighted by molar-refractivity contribution is 0.120. The van der Waals surface area contributed by atoms with E-state index in [2.05, 4.69) is 25.4 Å². The molecule has 0 bridgehead atoms. The van der Waals surface area contributed by atoms with Crippen LogP contribution in [0.25, 0.3) is 22.2 Å². The van der Waals surface area contributed by atoms with Crippen LogP contribution in [0.4, 0.5) is 14.6 Å². The van der Waals surface area contributed by atoms with E-state index in [0.717, 1.165) is 66.8 Å². The van der Waals surface area contributed by atoms with Crippen molar-refractivity contribution in [3.05, 3.63) is 54.7 Å². The lowest BCUT2D eigenvalue weighted by Crippen LogP contribution is -2.39. The van der Waals surface area contributed by atoms with E-state index in [0.29, 0.717) is 24.6 Å². The Hall–Kier alpha value is -3.53. The number of aromatic nitrogens is 5. The third-order valence-corrected chi connectivity index (χ3v) is 7.84.